The van der Waals surface area contributed by atoms with Crippen molar-refractivity contribution in [2.24, 2.45) is 0 Å². The summed E-state index contributed by atoms with van der Waals surface area (Å²) in [5.41, 5.74) is 5.72. The number of hydrogen-bond acceptors (Lipinski definition) is 5. The van der Waals surface area contributed by atoms with Gasteiger partial charge in [-0.2, -0.15) is 0 Å². The second kappa shape index (κ2) is 5.80. The molecule has 0 fully saturated rings. The van der Waals surface area contributed by atoms with E-state index in [1.54, 1.807) is 0 Å². The second-order valence-corrected chi connectivity index (χ2v) is 3.28. The summed E-state index contributed by atoms with van der Waals surface area (Å²) >= 11 is 0. The summed E-state index contributed by atoms with van der Waals surface area (Å²) in [4.78, 5) is 21.5. The van der Waals surface area contributed by atoms with Gasteiger partial charge in [0.1, 0.15) is 0 Å². The lowest BCUT2D eigenvalue weighted by molar-refractivity contribution is -0.384. The molecule has 0 aliphatic rings. The molecule has 1 amide bonds. The Labute approximate surface area is 97.7 Å². The minimum atomic E-state index is -0.567. The molecule has 0 heterocycles. The SMILES string of the molecule is COCCNC(=O)c1ccc([N+](=O)[O-])cc1N. The fraction of sp³-hybridized carbons (Fsp3) is 0.300. The molecule has 17 heavy (non-hydrogen) atoms. The smallest absolute Gasteiger partial charge is 0.271 e. The fourth-order valence-electron chi connectivity index (χ4n) is 1.23. The fourth-order valence-corrected chi connectivity index (χ4v) is 1.23. The third-order valence-electron chi connectivity index (χ3n) is 2.08. The molecule has 0 saturated carbocycles. The molecule has 0 bridgehead atoms. The Morgan fingerprint density at radius 3 is 2.82 bits per heavy atom. The summed E-state index contributed by atoms with van der Waals surface area (Å²) in [6, 6.07) is 3.72. The van der Waals surface area contributed by atoms with Gasteiger partial charge in [-0.05, 0) is 6.07 Å². The lowest BCUT2D eigenvalue weighted by Crippen LogP contribution is -2.27. The van der Waals surface area contributed by atoms with Crippen LogP contribution < -0.4 is 11.1 Å². The maximum Gasteiger partial charge on any atom is 0.271 e. The van der Waals surface area contributed by atoms with Crippen LogP contribution in [0.3, 0.4) is 0 Å². The van der Waals surface area contributed by atoms with Crippen molar-refractivity contribution in [3.63, 3.8) is 0 Å². The van der Waals surface area contributed by atoms with E-state index < -0.39 is 4.92 Å². The maximum absolute atomic E-state index is 11.6. The number of nitrogens with zero attached hydrogens (tertiary/aromatic N) is 1. The summed E-state index contributed by atoms with van der Waals surface area (Å²) in [6.45, 7) is 0.740. The molecule has 7 nitrogen and oxygen atoms in total. The Hall–Kier alpha value is -2.15. The first-order valence-corrected chi connectivity index (χ1v) is 4.87. The lowest BCUT2D eigenvalue weighted by Gasteiger charge is -2.06. The Morgan fingerprint density at radius 1 is 1.59 bits per heavy atom. The van der Waals surface area contributed by atoms with Gasteiger partial charge in [0.15, 0.2) is 0 Å². The van der Waals surface area contributed by atoms with E-state index in [9.17, 15) is 14.9 Å². The monoisotopic (exact) mass is 239 g/mol. The number of rotatable bonds is 5. The zero-order chi connectivity index (χ0) is 12.8. The summed E-state index contributed by atoms with van der Waals surface area (Å²) in [6.07, 6.45) is 0. The highest BCUT2D eigenvalue weighted by molar-refractivity contribution is 5.99. The largest absolute Gasteiger partial charge is 0.398 e. The zero-order valence-electron chi connectivity index (χ0n) is 9.30. The number of carbonyl (C=O) groups is 1. The van der Waals surface area contributed by atoms with E-state index in [1.807, 2.05) is 0 Å². The molecule has 7 heteroatoms. The number of nitrogen functional groups attached to an aromatic ring is 1. The number of ether oxygens (including phenoxy) is 1. The number of methoxy groups -OCH3 is 1. The van der Waals surface area contributed by atoms with Crippen LogP contribution in [-0.2, 0) is 4.74 Å². The van der Waals surface area contributed by atoms with Crippen molar-refractivity contribution in [1.29, 1.82) is 0 Å². The quantitative estimate of drug-likeness (QED) is 0.337. The van der Waals surface area contributed by atoms with Crippen LogP contribution in [0.25, 0.3) is 0 Å². The number of non-ortho nitro benzene ring substituents is 1. The summed E-state index contributed by atoms with van der Waals surface area (Å²) in [7, 11) is 1.52. The van der Waals surface area contributed by atoms with Gasteiger partial charge in [-0.1, -0.05) is 0 Å². The van der Waals surface area contributed by atoms with Crippen molar-refractivity contribution in [3.05, 3.63) is 33.9 Å². The van der Waals surface area contributed by atoms with Gasteiger partial charge >= 0.3 is 0 Å². The van der Waals surface area contributed by atoms with Gasteiger partial charge in [-0.25, -0.2) is 0 Å². The van der Waals surface area contributed by atoms with Crippen LogP contribution in [0.15, 0.2) is 18.2 Å². The molecule has 0 spiro atoms. The van der Waals surface area contributed by atoms with Crippen molar-refractivity contribution in [2.45, 2.75) is 0 Å². The molecule has 1 aromatic rings. The highest BCUT2D eigenvalue weighted by Gasteiger charge is 2.13. The van der Waals surface area contributed by atoms with E-state index in [4.69, 9.17) is 10.5 Å². The molecule has 0 atom stereocenters. The summed E-state index contributed by atoms with van der Waals surface area (Å²) in [5.74, 6) is -0.380. The standard InChI is InChI=1S/C10H13N3O4/c1-17-5-4-12-10(14)8-3-2-7(13(15)16)6-9(8)11/h2-3,6H,4-5,11H2,1H3,(H,12,14). The number of amides is 1. The normalized spacial score (nSPS) is 9.94. The molecule has 92 valence electrons. The molecule has 1 rings (SSSR count). The van der Waals surface area contributed by atoms with Gasteiger partial charge < -0.3 is 15.8 Å². The van der Waals surface area contributed by atoms with Crippen molar-refractivity contribution >= 4 is 17.3 Å². The highest BCUT2D eigenvalue weighted by atomic mass is 16.6. The molecule has 0 unspecified atom stereocenters. The molecule has 0 saturated heterocycles. The van der Waals surface area contributed by atoms with E-state index in [-0.39, 0.29) is 22.8 Å². The van der Waals surface area contributed by atoms with Crippen LogP contribution >= 0.6 is 0 Å². The molecule has 1 aromatic carbocycles. The van der Waals surface area contributed by atoms with Crippen LogP contribution in [0.5, 0.6) is 0 Å². The van der Waals surface area contributed by atoms with Gasteiger partial charge in [-0.3, -0.25) is 14.9 Å². The number of benzene rings is 1. The van der Waals surface area contributed by atoms with E-state index in [1.165, 1.54) is 19.2 Å². The number of nitrogens with two attached hydrogens (primary N) is 1. The van der Waals surface area contributed by atoms with Crippen LogP contribution in [0, 0.1) is 10.1 Å². The summed E-state index contributed by atoms with van der Waals surface area (Å²) in [5, 5.41) is 13.1. The van der Waals surface area contributed by atoms with Crippen LogP contribution in [0.1, 0.15) is 10.4 Å². The van der Waals surface area contributed by atoms with E-state index in [0.717, 1.165) is 6.07 Å². The first-order valence-electron chi connectivity index (χ1n) is 4.87. The summed E-state index contributed by atoms with van der Waals surface area (Å²) < 4.78 is 4.77. The van der Waals surface area contributed by atoms with E-state index in [0.29, 0.717) is 13.2 Å². The molecule has 0 aliphatic carbocycles. The van der Waals surface area contributed by atoms with Crippen LogP contribution in [0.2, 0.25) is 0 Å². The van der Waals surface area contributed by atoms with Gasteiger partial charge in [0.2, 0.25) is 0 Å². The molecular formula is C10H13N3O4. The Bertz CT molecular complexity index is 434. The number of carbonyl (C=O) groups excluding carboxylic acids is 1. The van der Waals surface area contributed by atoms with Crippen LogP contribution in [-0.4, -0.2) is 31.1 Å². The van der Waals surface area contributed by atoms with Gasteiger partial charge in [0.05, 0.1) is 22.8 Å². The van der Waals surface area contributed by atoms with Crippen molar-refractivity contribution < 1.29 is 14.5 Å². The first kappa shape index (κ1) is 12.9. The lowest BCUT2D eigenvalue weighted by atomic mass is 10.1. The van der Waals surface area contributed by atoms with E-state index >= 15 is 0 Å². The average molecular weight is 239 g/mol. The number of nitro benzene ring substituents is 1. The Morgan fingerprint density at radius 2 is 2.29 bits per heavy atom. The predicted molar refractivity (Wildman–Crippen MR) is 61.7 cm³/mol. The van der Waals surface area contributed by atoms with Crippen molar-refractivity contribution in [1.82, 2.24) is 5.32 Å². The number of anilines is 1. The Kier molecular flexibility index (Phi) is 4.41. The van der Waals surface area contributed by atoms with Crippen molar-refractivity contribution in [2.75, 3.05) is 26.0 Å². The first-order chi connectivity index (χ1) is 8.06. The number of nitro groups is 1. The average Bonchev–Trinajstić information content (AvgIpc) is 2.28. The third-order valence-corrected chi connectivity index (χ3v) is 2.08. The highest BCUT2D eigenvalue weighted by Crippen LogP contribution is 2.19. The Balaban J connectivity index is 2.78. The molecule has 3 N–H and O–H groups in total. The van der Waals surface area contributed by atoms with Gasteiger partial charge in [0, 0.05) is 25.8 Å². The minimum Gasteiger partial charge on any atom is -0.398 e. The second-order valence-electron chi connectivity index (χ2n) is 3.28. The maximum atomic E-state index is 11.6. The van der Waals surface area contributed by atoms with Crippen molar-refractivity contribution in [3.8, 4) is 0 Å². The number of hydrogen-bond donors (Lipinski definition) is 2. The van der Waals surface area contributed by atoms with Crippen LogP contribution in [0.4, 0.5) is 11.4 Å². The van der Waals surface area contributed by atoms with Gasteiger partial charge in [-0.15, -0.1) is 0 Å². The zero-order valence-corrected chi connectivity index (χ0v) is 9.30. The van der Waals surface area contributed by atoms with Gasteiger partial charge in [0.25, 0.3) is 11.6 Å². The molecule has 0 aliphatic heterocycles. The minimum absolute atomic E-state index is 0.0779. The van der Waals surface area contributed by atoms with E-state index in [2.05, 4.69) is 5.32 Å². The predicted octanol–water partition coefficient (Wildman–Crippen LogP) is 0.553. The molecular weight excluding hydrogens is 226 g/mol. The topological polar surface area (TPSA) is 107 Å². The third kappa shape index (κ3) is 3.42. The molecule has 0 aromatic heterocycles. The molecule has 0 radical (unpaired) electrons. The number of nitrogens with one attached hydrogen (secondary N) is 1.